The molecule has 0 saturated carbocycles. The summed E-state index contributed by atoms with van der Waals surface area (Å²) in [6.45, 7) is 1.80. The Morgan fingerprint density at radius 1 is 1.25 bits per heavy atom. The maximum Gasteiger partial charge on any atom is 0.255 e. The summed E-state index contributed by atoms with van der Waals surface area (Å²) in [5.41, 5.74) is 4.07. The van der Waals surface area contributed by atoms with E-state index in [0.717, 1.165) is 15.8 Å². The van der Waals surface area contributed by atoms with Gasteiger partial charge in [-0.15, -0.1) is 11.3 Å². The van der Waals surface area contributed by atoms with Gasteiger partial charge < -0.3 is 5.32 Å². The highest BCUT2D eigenvalue weighted by Crippen LogP contribution is 2.21. The number of nitrogens with one attached hydrogen (secondary N) is 1. The molecule has 1 N–H and O–H groups in total. The van der Waals surface area contributed by atoms with E-state index in [9.17, 15) is 9.18 Å². The Labute approximate surface area is 119 Å². The molecule has 0 spiro atoms. The van der Waals surface area contributed by atoms with Gasteiger partial charge in [0, 0.05) is 5.56 Å². The van der Waals surface area contributed by atoms with Gasteiger partial charge >= 0.3 is 0 Å². The number of aromatic nitrogens is 1. The fourth-order valence-corrected chi connectivity index (χ4v) is 2.63. The smallest absolute Gasteiger partial charge is 0.255 e. The molecule has 0 atom stereocenters. The molecule has 1 heterocycles. The molecule has 0 radical (unpaired) electrons. The highest BCUT2D eigenvalue weighted by atomic mass is 32.1. The number of carbonyl (C=O) groups excluding carboxylic acids is 1. The molecule has 5 heteroatoms. The molecular weight excluding hydrogens is 275 g/mol. The zero-order valence-electron chi connectivity index (χ0n) is 10.7. The van der Waals surface area contributed by atoms with Crippen LogP contribution in [0.15, 0.2) is 41.9 Å². The fraction of sp³-hybridized carbons (Fsp3) is 0.0667. The van der Waals surface area contributed by atoms with Gasteiger partial charge in [0.15, 0.2) is 0 Å². The third-order valence-electron chi connectivity index (χ3n) is 2.97. The summed E-state index contributed by atoms with van der Waals surface area (Å²) in [4.78, 5) is 16.3. The standard InChI is InChI=1S/C15H11FN2OS/c1-9-2-4-12(11(16)6-9)18-15(19)10-3-5-13-14(7-10)20-8-17-13/h2-8H,1H3,(H,18,19). The molecule has 2 aromatic carbocycles. The number of hydrogen-bond acceptors (Lipinski definition) is 3. The maximum absolute atomic E-state index is 13.7. The molecule has 0 saturated heterocycles. The van der Waals surface area contributed by atoms with E-state index in [1.807, 2.05) is 0 Å². The average Bonchev–Trinajstić information content (AvgIpc) is 2.89. The third-order valence-corrected chi connectivity index (χ3v) is 3.76. The topological polar surface area (TPSA) is 42.0 Å². The number of rotatable bonds is 2. The lowest BCUT2D eigenvalue weighted by Crippen LogP contribution is -2.12. The first-order valence-corrected chi connectivity index (χ1v) is 6.92. The molecule has 3 rings (SSSR count). The minimum absolute atomic E-state index is 0.185. The van der Waals surface area contributed by atoms with Crippen molar-refractivity contribution in [2.24, 2.45) is 0 Å². The maximum atomic E-state index is 13.7. The molecule has 1 aromatic heterocycles. The summed E-state index contributed by atoms with van der Waals surface area (Å²) in [5.74, 6) is -0.764. The Hall–Kier alpha value is -2.27. The van der Waals surface area contributed by atoms with Gasteiger partial charge in [0.05, 0.1) is 21.4 Å². The van der Waals surface area contributed by atoms with Crippen molar-refractivity contribution in [3.63, 3.8) is 0 Å². The van der Waals surface area contributed by atoms with Crippen LogP contribution in [0.2, 0.25) is 0 Å². The molecule has 0 fully saturated rings. The van der Waals surface area contributed by atoms with Crippen LogP contribution >= 0.6 is 11.3 Å². The minimum Gasteiger partial charge on any atom is -0.319 e. The summed E-state index contributed by atoms with van der Waals surface area (Å²) >= 11 is 1.47. The normalized spacial score (nSPS) is 10.7. The van der Waals surface area contributed by atoms with Crippen molar-refractivity contribution < 1.29 is 9.18 Å². The van der Waals surface area contributed by atoms with Gasteiger partial charge in [-0.1, -0.05) is 6.07 Å². The van der Waals surface area contributed by atoms with E-state index < -0.39 is 5.82 Å². The van der Waals surface area contributed by atoms with Gasteiger partial charge in [0.2, 0.25) is 0 Å². The SMILES string of the molecule is Cc1ccc(NC(=O)c2ccc3ncsc3c2)c(F)c1. The largest absolute Gasteiger partial charge is 0.319 e. The fourth-order valence-electron chi connectivity index (χ4n) is 1.91. The van der Waals surface area contributed by atoms with E-state index in [-0.39, 0.29) is 11.6 Å². The summed E-state index contributed by atoms with van der Waals surface area (Å²) in [6, 6.07) is 9.94. The van der Waals surface area contributed by atoms with Crippen LogP contribution in [0.5, 0.6) is 0 Å². The Morgan fingerprint density at radius 3 is 2.90 bits per heavy atom. The van der Waals surface area contributed by atoms with E-state index in [1.165, 1.54) is 17.4 Å². The Bertz CT molecular complexity index is 797. The van der Waals surface area contributed by atoms with Crippen LogP contribution in [-0.2, 0) is 0 Å². The second-order valence-corrected chi connectivity index (χ2v) is 5.36. The summed E-state index contributed by atoms with van der Waals surface area (Å²) < 4.78 is 14.6. The van der Waals surface area contributed by atoms with Crippen molar-refractivity contribution in [1.82, 2.24) is 4.98 Å². The van der Waals surface area contributed by atoms with Crippen LogP contribution < -0.4 is 5.32 Å². The van der Waals surface area contributed by atoms with Crippen molar-refractivity contribution in [2.45, 2.75) is 6.92 Å². The molecule has 0 aliphatic heterocycles. The predicted molar refractivity (Wildman–Crippen MR) is 78.7 cm³/mol. The Kier molecular flexibility index (Phi) is 3.20. The second kappa shape index (κ2) is 5.02. The lowest BCUT2D eigenvalue weighted by atomic mass is 10.2. The van der Waals surface area contributed by atoms with Crippen LogP contribution in [0.1, 0.15) is 15.9 Å². The number of aryl methyl sites for hydroxylation is 1. The molecule has 0 bridgehead atoms. The molecular formula is C15H11FN2OS. The molecule has 100 valence electrons. The first-order valence-electron chi connectivity index (χ1n) is 6.04. The van der Waals surface area contributed by atoms with Crippen LogP contribution in [0.4, 0.5) is 10.1 Å². The summed E-state index contributed by atoms with van der Waals surface area (Å²) in [7, 11) is 0. The van der Waals surface area contributed by atoms with Crippen LogP contribution in [-0.4, -0.2) is 10.9 Å². The lowest BCUT2D eigenvalue weighted by molar-refractivity contribution is 0.102. The second-order valence-electron chi connectivity index (χ2n) is 4.47. The van der Waals surface area contributed by atoms with Gasteiger partial charge in [0.1, 0.15) is 5.82 Å². The third kappa shape index (κ3) is 2.40. The minimum atomic E-state index is -0.433. The first-order chi connectivity index (χ1) is 9.63. The molecule has 1 amide bonds. The van der Waals surface area contributed by atoms with Crippen LogP contribution in [0.3, 0.4) is 0 Å². The summed E-state index contributed by atoms with van der Waals surface area (Å²) in [6.07, 6.45) is 0. The van der Waals surface area contributed by atoms with Gasteiger partial charge in [-0.05, 0) is 42.8 Å². The number of fused-ring (bicyclic) bond motifs is 1. The average molecular weight is 286 g/mol. The number of nitrogens with zero attached hydrogens (tertiary/aromatic N) is 1. The zero-order chi connectivity index (χ0) is 14.1. The van der Waals surface area contributed by atoms with Crippen molar-refractivity contribution in [3.05, 3.63) is 58.9 Å². The van der Waals surface area contributed by atoms with Crippen molar-refractivity contribution in [2.75, 3.05) is 5.32 Å². The number of amides is 1. The van der Waals surface area contributed by atoms with Crippen LogP contribution in [0.25, 0.3) is 10.2 Å². The van der Waals surface area contributed by atoms with Crippen LogP contribution in [0, 0.1) is 12.7 Å². The highest BCUT2D eigenvalue weighted by molar-refractivity contribution is 7.16. The highest BCUT2D eigenvalue weighted by Gasteiger charge is 2.10. The number of anilines is 1. The first kappa shape index (κ1) is 12.7. The van der Waals surface area contributed by atoms with E-state index >= 15 is 0 Å². The molecule has 3 nitrogen and oxygen atoms in total. The molecule has 0 aliphatic rings. The quantitative estimate of drug-likeness (QED) is 0.773. The monoisotopic (exact) mass is 286 g/mol. The van der Waals surface area contributed by atoms with Gasteiger partial charge in [-0.2, -0.15) is 0 Å². The van der Waals surface area contributed by atoms with Gasteiger partial charge in [-0.3, -0.25) is 4.79 Å². The van der Waals surface area contributed by atoms with E-state index in [0.29, 0.717) is 5.56 Å². The summed E-state index contributed by atoms with van der Waals surface area (Å²) in [5, 5.41) is 2.58. The predicted octanol–water partition coefficient (Wildman–Crippen LogP) is 4.00. The van der Waals surface area contributed by atoms with Gasteiger partial charge in [0.25, 0.3) is 5.91 Å². The van der Waals surface area contributed by atoms with Crippen molar-refractivity contribution in [1.29, 1.82) is 0 Å². The molecule has 3 aromatic rings. The number of hydrogen-bond donors (Lipinski definition) is 1. The zero-order valence-corrected chi connectivity index (χ0v) is 11.5. The molecule has 0 aliphatic carbocycles. The van der Waals surface area contributed by atoms with Gasteiger partial charge in [-0.25, -0.2) is 9.37 Å². The van der Waals surface area contributed by atoms with E-state index in [1.54, 1.807) is 42.8 Å². The number of thiazole rings is 1. The number of halogens is 1. The van der Waals surface area contributed by atoms with E-state index in [2.05, 4.69) is 10.3 Å². The molecule has 0 unspecified atom stereocenters. The van der Waals surface area contributed by atoms with E-state index in [4.69, 9.17) is 0 Å². The number of benzene rings is 2. The lowest BCUT2D eigenvalue weighted by Gasteiger charge is -2.07. The Morgan fingerprint density at radius 2 is 2.10 bits per heavy atom. The van der Waals surface area contributed by atoms with Crippen molar-refractivity contribution in [3.8, 4) is 0 Å². The Balaban J connectivity index is 1.88. The van der Waals surface area contributed by atoms with Crippen molar-refractivity contribution >= 4 is 33.1 Å². The number of carbonyl (C=O) groups is 1. The molecule has 20 heavy (non-hydrogen) atoms.